The number of carbonyl (C=O) groups is 1. The maximum atomic E-state index is 10.6. The van der Waals surface area contributed by atoms with Crippen LogP contribution >= 0.6 is 0 Å². The van der Waals surface area contributed by atoms with Gasteiger partial charge in [-0.3, -0.25) is 10.1 Å². The molecule has 6 nitrogen and oxygen atoms in total. The molecule has 0 bridgehead atoms. The van der Waals surface area contributed by atoms with Crippen LogP contribution in [0.25, 0.3) is 0 Å². The molecule has 0 saturated carbocycles. The van der Waals surface area contributed by atoms with Gasteiger partial charge < -0.3 is 14.3 Å². The third kappa shape index (κ3) is 4.67. The fraction of sp³-hybridized carbons (Fsp3) is 0.900. The Balaban J connectivity index is 4.77. The van der Waals surface area contributed by atoms with Crippen molar-refractivity contribution in [3.05, 3.63) is 10.1 Å². The first-order chi connectivity index (χ1) is 7.50. The molecule has 0 aromatic heterocycles. The number of aldehydes is 1. The van der Waals surface area contributed by atoms with E-state index in [0.29, 0.717) is 19.5 Å². The quantitative estimate of drug-likeness (QED) is 0.259. The smallest absolute Gasteiger partial charge is 0.214 e. The van der Waals surface area contributed by atoms with Gasteiger partial charge in [0.05, 0.1) is 5.41 Å². The largest absolute Gasteiger partial charge is 0.352 e. The maximum Gasteiger partial charge on any atom is 0.214 e. The van der Waals surface area contributed by atoms with E-state index in [-0.39, 0.29) is 13.0 Å². The van der Waals surface area contributed by atoms with E-state index in [0.717, 1.165) is 0 Å². The zero-order valence-electron chi connectivity index (χ0n) is 9.97. The fourth-order valence-corrected chi connectivity index (χ4v) is 1.47. The molecule has 94 valence electrons. The van der Waals surface area contributed by atoms with Gasteiger partial charge in [-0.05, 0) is 20.8 Å². The second-order valence-electron chi connectivity index (χ2n) is 3.76. The molecule has 1 atom stereocenters. The first kappa shape index (κ1) is 15.0. The molecular weight excluding hydrogens is 214 g/mol. The molecule has 0 heterocycles. The molecular formula is C10H19NO5. The van der Waals surface area contributed by atoms with Crippen LogP contribution in [0.4, 0.5) is 0 Å². The molecule has 0 aromatic carbocycles. The number of hydrogen-bond acceptors (Lipinski definition) is 5. The minimum atomic E-state index is -0.919. The molecule has 0 aliphatic rings. The van der Waals surface area contributed by atoms with Crippen molar-refractivity contribution in [3.63, 3.8) is 0 Å². The monoisotopic (exact) mass is 233 g/mol. The number of nitrogens with zero attached hydrogens (tertiary/aromatic N) is 1. The summed E-state index contributed by atoms with van der Waals surface area (Å²) in [5, 5.41) is 10.6. The predicted octanol–water partition coefficient (Wildman–Crippen LogP) is 1.26. The highest BCUT2D eigenvalue weighted by atomic mass is 16.7. The third-order valence-electron chi connectivity index (χ3n) is 2.25. The first-order valence-electron chi connectivity index (χ1n) is 5.28. The zero-order chi connectivity index (χ0) is 12.6. The van der Waals surface area contributed by atoms with Gasteiger partial charge in [-0.25, -0.2) is 0 Å². The number of rotatable bonds is 9. The van der Waals surface area contributed by atoms with Crippen molar-refractivity contribution in [3.8, 4) is 0 Å². The van der Waals surface area contributed by atoms with E-state index in [1.807, 2.05) is 0 Å². The number of hydrogen-bond donors (Lipinski definition) is 0. The summed E-state index contributed by atoms with van der Waals surface area (Å²) < 4.78 is 10.6. The van der Waals surface area contributed by atoms with Gasteiger partial charge in [0.15, 0.2) is 6.29 Å². The number of ether oxygens (including phenoxy) is 2. The summed E-state index contributed by atoms with van der Waals surface area (Å²) in [5.74, 6) is 0. The lowest BCUT2D eigenvalue weighted by molar-refractivity contribution is -0.504. The summed E-state index contributed by atoms with van der Waals surface area (Å²) in [4.78, 5) is 20.7. The Morgan fingerprint density at radius 2 is 1.88 bits per heavy atom. The van der Waals surface area contributed by atoms with Crippen molar-refractivity contribution in [2.24, 2.45) is 5.41 Å². The Morgan fingerprint density at radius 3 is 2.19 bits per heavy atom. The molecule has 0 radical (unpaired) electrons. The van der Waals surface area contributed by atoms with Gasteiger partial charge >= 0.3 is 0 Å². The molecule has 0 fully saturated rings. The standard InChI is InChI=1S/C10H19NO5/c1-4-15-9(16-5-2)10(3,6-7-12)8-11(13)14/h7,9H,4-6,8H2,1-3H3/t10-/m1/s1. The molecule has 6 heteroatoms. The van der Waals surface area contributed by atoms with Gasteiger partial charge in [0, 0.05) is 24.6 Å². The zero-order valence-corrected chi connectivity index (χ0v) is 9.97. The summed E-state index contributed by atoms with van der Waals surface area (Å²) in [6.45, 7) is 5.60. The summed E-state index contributed by atoms with van der Waals surface area (Å²) in [5.41, 5.74) is -0.919. The van der Waals surface area contributed by atoms with Crippen LogP contribution in [0.2, 0.25) is 0 Å². The Hall–Kier alpha value is -1.01. The van der Waals surface area contributed by atoms with Gasteiger partial charge in [0.1, 0.15) is 6.29 Å². The normalized spacial score (nSPS) is 14.8. The van der Waals surface area contributed by atoms with Crippen molar-refractivity contribution in [2.75, 3.05) is 19.8 Å². The average molecular weight is 233 g/mol. The van der Waals surface area contributed by atoms with Gasteiger partial charge in [0.25, 0.3) is 0 Å². The molecule has 0 unspecified atom stereocenters. The van der Waals surface area contributed by atoms with E-state index in [1.54, 1.807) is 20.8 Å². The van der Waals surface area contributed by atoms with Gasteiger partial charge in [0.2, 0.25) is 6.54 Å². The van der Waals surface area contributed by atoms with Crippen LogP contribution in [0.3, 0.4) is 0 Å². The van der Waals surface area contributed by atoms with Crippen molar-refractivity contribution in [1.82, 2.24) is 0 Å². The lowest BCUT2D eigenvalue weighted by Crippen LogP contribution is -2.42. The number of carbonyl (C=O) groups excluding carboxylic acids is 1. The number of nitro groups is 1. The Kier molecular flexibility index (Phi) is 6.83. The van der Waals surface area contributed by atoms with E-state index in [9.17, 15) is 14.9 Å². The third-order valence-corrected chi connectivity index (χ3v) is 2.25. The molecule has 0 rings (SSSR count). The summed E-state index contributed by atoms with van der Waals surface area (Å²) in [6, 6.07) is 0. The van der Waals surface area contributed by atoms with Crippen molar-refractivity contribution >= 4 is 6.29 Å². The van der Waals surface area contributed by atoms with Crippen LogP contribution in [-0.2, 0) is 14.3 Å². The van der Waals surface area contributed by atoms with E-state index >= 15 is 0 Å². The second kappa shape index (κ2) is 7.29. The lowest BCUT2D eigenvalue weighted by atomic mass is 9.86. The highest BCUT2D eigenvalue weighted by Gasteiger charge is 2.40. The molecule has 0 aliphatic heterocycles. The summed E-state index contributed by atoms with van der Waals surface area (Å²) >= 11 is 0. The Morgan fingerprint density at radius 1 is 1.38 bits per heavy atom. The molecule has 0 aliphatic carbocycles. The summed E-state index contributed by atoms with van der Waals surface area (Å²) in [6.07, 6.45) is -0.0224. The highest BCUT2D eigenvalue weighted by Crippen LogP contribution is 2.28. The minimum absolute atomic E-state index is 0.0403. The molecule has 0 spiro atoms. The van der Waals surface area contributed by atoms with Crippen LogP contribution in [0.15, 0.2) is 0 Å². The Bertz CT molecular complexity index is 227. The van der Waals surface area contributed by atoms with E-state index in [2.05, 4.69) is 0 Å². The van der Waals surface area contributed by atoms with Crippen LogP contribution in [0, 0.1) is 15.5 Å². The second-order valence-corrected chi connectivity index (χ2v) is 3.76. The molecule has 0 aromatic rings. The van der Waals surface area contributed by atoms with E-state index < -0.39 is 16.6 Å². The lowest BCUT2D eigenvalue weighted by Gasteiger charge is -2.31. The molecule has 16 heavy (non-hydrogen) atoms. The van der Waals surface area contributed by atoms with Crippen LogP contribution in [0.1, 0.15) is 27.2 Å². The molecule has 0 saturated heterocycles. The van der Waals surface area contributed by atoms with Crippen LogP contribution < -0.4 is 0 Å². The van der Waals surface area contributed by atoms with Gasteiger partial charge in [-0.2, -0.15) is 0 Å². The molecule has 0 N–H and O–H groups in total. The average Bonchev–Trinajstić information content (AvgIpc) is 2.16. The topological polar surface area (TPSA) is 78.7 Å². The van der Waals surface area contributed by atoms with Gasteiger partial charge in [-0.1, -0.05) is 0 Å². The first-order valence-corrected chi connectivity index (χ1v) is 5.28. The van der Waals surface area contributed by atoms with Crippen molar-refractivity contribution in [2.45, 2.75) is 33.5 Å². The van der Waals surface area contributed by atoms with Crippen LogP contribution in [-0.4, -0.2) is 37.3 Å². The van der Waals surface area contributed by atoms with Crippen molar-refractivity contribution < 1.29 is 19.2 Å². The highest BCUT2D eigenvalue weighted by molar-refractivity contribution is 5.50. The summed E-state index contributed by atoms with van der Waals surface area (Å²) in [7, 11) is 0. The van der Waals surface area contributed by atoms with Gasteiger partial charge in [-0.15, -0.1) is 0 Å². The SMILES string of the molecule is CCOC(OCC)[C@](C)(CC=O)C[N+](=O)[O-]. The van der Waals surface area contributed by atoms with Crippen molar-refractivity contribution in [1.29, 1.82) is 0 Å². The minimum Gasteiger partial charge on any atom is -0.352 e. The fourth-order valence-electron chi connectivity index (χ4n) is 1.47. The predicted molar refractivity (Wildman–Crippen MR) is 57.7 cm³/mol. The molecule has 0 amide bonds. The Labute approximate surface area is 95.1 Å². The van der Waals surface area contributed by atoms with E-state index in [1.165, 1.54) is 0 Å². The van der Waals surface area contributed by atoms with E-state index in [4.69, 9.17) is 9.47 Å². The maximum absolute atomic E-state index is 10.6. The van der Waals surface area contributed by atoms with Crippen LogP contribution in [0.5, 0.6) is 0 Å².